The van der Waals surface area contributed by atoms with E-state index in [4.69, 9.17) is 9.26 Å². The number of benzene rings is 1. The first-order valence-corrected chi connectivity index (χ1v) is 9.38. The molecule has 28 heavy (non-hydrogen) atoms. The van der Waals surface area contributed by atoms with Crippen molar-refractivity contribution in [3.8, 4) is 0 Å². The fraction of sp³-hybridized carbons (Fsp3) is 0.450. The number of carbonyl (C=O) groups excluding carboxylic acids is 2. The Hall–Kier alpha value is -2.74. The molecule has 8 heteroatoms. The maximum atomic E-state index is 13.6. The molecule has 2 aliphatic rings. The zero-order chi connectivity index (χ0) is 19.7. The summed E-state index contributed by atoms with van der Waals surface area (Å²) < 4.78 is 24.6. The van der Waals surface area contributed by atoms with Gasteiger partial charge in [-0.1, -0.05) is 11.2 Å². The van der Waals surface area contributed by atoms with Crippen LogP contribution in [-0.4, -0.2) is 53.7 Å². The molecular weight excluding hydrogens is 365 g/mol. The van der Waals surface area contributed by atoms with Crippen LogP contribution in [-0.2, 0) is 9.53 Å². The molecule has 2 amide bonds. The SMILES string of the molecule is Cc1cc(C(=O)N2CCCC3(CC2)CN(c2cccc(F)c2)C(=O)CO3)no1. The van der Waals surface area contributed by atoms with Gasteiger partial charge < -0.3 is 19.1 Å². The fourth-order valence-corrected chi connectivity index (χ4v) is 3.90. The second kappa shape index (κ2) is 7.35. The van der Waals surface area contributed by atoms with E-state index in [9.17, 15) is 14.0 Å². The summed E-state index contributed by atoms with van der Waals surface area (Å²) in [4.78, 5) is 28.4. The highest BCUT2D eigenvalue weighted by atomic mass is 19.1. The fourth-order valence-electron chi connectivity index (χ4n) is 3.90. The molecule has 0 saturated carbocycles. The molecule has 1 spiro atoms. The first-order valence-electron chi connectivity index (χ1n) is 9.38. The minimum atomic E-state index is -0.547. The van der Waals surface area contributed by atoms with Crippen LogP contribution >= 0.6 is 0 Å². The van der Waals surface area contributed by atoms with Gasteiger partial charge in [0, 0.05) is 24.8 Å². The number of halogens is 1. The van der Waals surface area contributed by atoms with Gasteiger partial charge >= 0.3 is 0 Å². The molecule has 0 bridgehead atoms. The molecule has 0 N–H and O–H groups in total. The topological polar surface area (TPSA) is 75.9 Å². The summed E-state index contributed by atoms with van der Waals surface area (Å²) in [5.41, 5.74) is 0.284. The minimum absolute atomic E-state index is 0.0487. The lowest BCUT2D eigenvalue weighted by atomic mass is 9.92. The maximum Gasteiger partial charge on any atom is 0.276 e. The Morgan fingerprint density at radius 1 is 1.25 bits per heavy atom. The third kappa shape index (κ3) is 3.64. The van der Waals surface area contributed by atoms with Gasteiger partial charge in [-0.25, -0.2) is 4.39 Å². The maximum absolute atomic E-state index is 13.6. The number of morpholine rings is 1. The second-order valence-corrected chi connectivity index (χ2v) is 7.40. The molecule has 2 fully saturated rings. The van der Waals surface area contributed by atoms with E-state index in [-0.39, 0.29) is 24.2 Å². The summed E-state index contributed by atoms with van der Waals surface area (Å²) in [6, 6.07) is 7.65. The van der Waals surface area contributed by atoms with Gasteiger partial charge in [0.2, 0.25) is 0 Å². The van der Waals surface area contributed by atoms with Crippen LogP contribution in [0.5, 0.6) is 0 Å². The molecule has 3 heterocycles. The van der Waals surface area contributed by atoms with E-state index in [0.717, 1.165) is 6.42 Å². The van der Waals surface area contributed by atoms with Crippen molar-refractivity contribution in [1.82, 2.24) is 10.1 Å². The van der Waals surface area contributed by atoms with Crippen LogP contribution in [0.25, 0.3) is 0 Å². The zero-order valence-corrected chi connectivity index (χ0v) is 15.7. The number of nitrogens with zero attached hydrogens (tertiary/aromatic N) is 3. The molecular formula is C20H22FN3O4. The van der Waals surface area contributed by atoms with E-state index in [1.54, 1.807) is 34.9 Å². The molecule has 2 aliphatic heterocycles. The number of amides is 2. The molecule has 7 nitrogen and oxygen atoms in total. The number of likely N-dealkylation sites (tertiary alicyclic amines) is 1. The minimum Gasteiger partial charge on any atom is -0.363 e. The van der Waals surface area contributed by atoms with Crippen LogP contribution < -0.4 is 4.90 Å². The smallest absolute Gasteiger partial charge is 0.276 e. The van der Waals surface area contributed by atoms with Crippen molar-refractivity contribution in [2.75, 3.05) is 31.1 Å². The summed E-state index contributed by atoms with van der Waals surface area (Å²) in [6.45, 7) is 3.13. The van der Waals surface area contributed by atoms with Gasteiger partial charge in [0.15, 0.2) is 5.69 Å². The Labute approximate surface area is 162 Å². The number of hydrogen-bond donors (Lipinski definition) is 0. The molecule has 4 rings (SSSR count). The average Bonchev–Trinajstić information content (AvgIpc) is 3.01. The largest absolute Gasteiger partial charge is 0.363 e. The normalized spacial score (nSPS) is 23.1. The number of rotatable bonds is 2. The molecule has 1 unspecified atom stereocenters. The van der Waals surface area contributed by atoms with Gasteiger partial charge in [-0.05, 0) is 44.4 Å². The lowest BCUT2D eigenvalue weighted by molar-refractivity contribution is -0.140. The Morgan fingerprint density at radius 2 is 2.11 bits per heavy atom. The van der Waals surface area contributed by atoms with E-state index in [0.29, 0.717) is 49.6 Å². The Balaban J connectivity index is 1.49. The van der Waals surface area contributed by atoms with E-state index < -0.39 is 5.60 Å². The summed E-state index contributed by atoms with van der Waals surface area (Å²) >= 11 is 0. The Kier molecular flexibility index (Phi) is 4.89. The number of hydrogen-bond acceptors (Lipinski definition) is 5. The van der Waals surface area contributed by atoms with Crippen LogP contribution in [0.15, 0.2) is 34.9 Å². The number of aromatic nitrogens is 1. The van der Waals surface area contributed by atoms with E-state index in [1.165, 1.54) is 12.1 Å². The summed E-state index contributed by atoms with van der Waals surface area (Å²) in [6.07, 6.45) is 2.05. The average molecular weight is 387 g/mol. The predicted octanol–water partition coefficient (Wildman–Crippen LogP) is 2.55. The van der Waals surface area contributed by atoms with Crippen LogP contribution in [0.2, 0.25) is 0 Å². The third-order valence-electron chi connectivity index (χ3n) is 5.40. The van der Waals surface area contributed by atoms with Crippen molar-refractivity contribution in [3.05, 3.63) is 47.6 Å². The zero-order valence-electron chi connectivity index (χ0n) is 15.7. The van der Waals surface area contributed by atoms with Gasteiger partial charge in [-0.2, -0.15) is 0 Å². The standard InChI is InChI=1S/C20H22FN3O4/c1-14-10-17(22-28-14)19(26)23-8-3-6-20(7-9-23)13-24(18(25)12-27-20)16-5-2-4-15(21)11-16/h2,4-5,10-11H,3,6-9,12-13H2,1H3. The highest BCUT2D eigenvalue weighted by Gasteiger charge is 2.42. The second-order valence-electron chi connectivity index (χ2n) is 7.40. The quantitative estimate of drug-likeness (QED) is 0.792. The van der Waals surface area contributed by atoms with Gasteiger partial charge in [0.25, 0.3) is 11.8 Å². The molecule has 1 aromatic heterocycles. The Bertz CT molecular complexity index is 899. The van der Waals surface area contributed by atoms with Crippen molar-refractivity contribution in [2.45, 2.75) is 31.8 Å². The van der Waals surface area contributed by atoms with Gasteiger partial charge in [-0.15, -0.1) is 0 Å². The highest BCUT2D eigenvalue weighted by molar-refractivity contribution is 5.95. The van der Waals surface area contributed by atoms with E-state index in [2.05, 4.69) is 5.16 Å². The van der Waals surface area contributed by atoms with Crippen molar-refractivity contribution in [3.63, 3.8) is 0 Å². The molecule has 0 radical (unpaired) electrons. The molecule has 1 atom stereocenters. The molecule has 0 aliphatic carbocycles. The first kappa shape index (κ1) is 18.6. The lowest BCUT2D eigenvalue weighted by Crippen LogP contribution is -2.55. The van der Waals surface area contributed by atoms with Crippen LogP contribution in [0, 0.1) is 12.7 Å². The van der Waals surface area contributed by atoms with Crippen LogP contribution in [0.4, 0.5) is 10.1 Å². The molecule has 2 aromatic rings. The molecule has 148 valence electrons. The van der Waals surface area contributed by atoms with Gasteiger partial charge in [0.05, 0.1) is 12.1 Å². The number of carbonyl (C=O) groups is 2. The lowest BCUT2D eigenvalue weighted by Gasteiger charge is -2.42. The molecule has 2 saturated heterocycles. The van der Waals surface area contributed by atoms with E-state index >= 15 is 0 Å². The summed E-state index contributed by atoms with van der Waals surface area (Å²) in [7, 11) is 0. The number of ether oxygens (including phenoxy) is 1. The Morgan fingerprint density at radius 3 is 2.86 bits per heavy atom. The van der Waals surface area contributed by atoms with Crippen molar-refractivity contribution < 1.29 is 23.2 Å². The van der Waals surface area contributed by atoms with Crippen molar-refractivity contribution in [2.24, 2.45) is 0 Å². The monoisotopic (exact) mass is 387 g/mol. The predicted molar refractivity (Wildman–Crippen MR) is 98.4 cm³/mol. The van der Waals surface area contributed by atoms with Gasteiger partial charge in [0.1, 0.15) is 18.2 Å². The number of aryl methyl sites for hydroxylation is 1. The highest BCUT2D eigenvalue weighted by Crippen LogP contribution is 2.33. The van der Waals surface area contributed by atoms with Gasteiger partial charge in [-0.3, -0.25) is 9.59 Å². The first-order chi connectivity index (χ1) is 13.5. The van der Waals surface area contributed by atoms with Crippen LogP contribution in [0.3, 0.4) is 0 Å². The number of anilines is 1. The van der Waals surface area contributed by atoms with Crippen LogP contribution in [0.1, 0.15) is 35.5 Å². The van der Waals surface area contributed by atoms with Crippen molar-refractivity contribution in [1.29, 1.82) is 0 Å². The van der Waals surface area contributed by atoms with Crippen molar-refractivity contribution >= 4 is 17.5 Å². The molecule has 1 aromatic carbocycles. The third-order valence-corrected chi connectivity index (χ3v) is 5.40. The summed E-state index contributed by atoms with van der Waals surface area (Å²) in [5, 5.41) is 3.81. The van der Waals surface area contributed by atoms with E-state index in [1.807, 2.05) is 0 Å². The summed E-state index contributed by atoms with van der Waals surface area (Å²) in [5.74, 6) is -0.143.